The third-order valence-electron chi connectivity index (χ3n) is 3.46. The second-order valence-corrected chi connectivity index (χ2v) is 5.58. The van der Waals surface area contributed by atoms with Gasteiger partial charge in [-0.15, -0.1) is 0 Å². The molecule has 2 rings (SSSR count). The lowest BCUT2D eigenvalue weighted by atomic mass is 10.1. The van der Waals surface area contributed by atoms with Crippen LogP contribution in [0.4, 0.5) is 19.0 Å². The minimum atomic E-state index is -4.44. The molecule has 2 N–H and O–H groups in total. The van der Waals surface area contributed by atoms with Gasteiger partial charge >= 0.3 is 6.18 Å². The Bertz CT molecular complexity index is 724. The van der Waals surface area contributed by atoms with Crippen molar-refractivity contribution in [2.75, 3.05) is 18.9 Å². The number of nitrogens with one attached hydrogen (secondary N) is 2. The molecule has 24 heavy (non-hydrogen) atoms. The van der Waals surface area contributed by atoms with Crippen molar-refractivity contribution < 1.29 is 18.0 Å². The topological polar surface area (TPSA) is 59.0 Å². The average Bonchev–Trinajstić information content (AvgIpc) is 2.87. The third kappa shape index (κ3) is 4.14. The number of aromatic nitrogens is 2. The predicted molar refractivity (Wildman–Crippen MR) is 85.0 cm³/mol. The lowest BCUT2D eigenvalue weighted by molar-refractivity contribution is -0.137. The Morgan fingerprint density at radius 3 is 2.67 bits per heavy atom. The zero-order chi connectivity index (χ0) is 17.9. The maximum absolute atomic E-state index is 12.9. The zero-order valence-electron chi connectivity index (χ0n) is 13.6. The van der Waals surface area contributed by atoms with Crippen LogP contribution in [-0.4, -0.2) is 29.3 Å². The molecule has 130 valence electrons. The Balaban J connectivity index is 2.34. The Labute approximate surface area is 137 Å². The van der Waals surface area contributed by atoms with Crippen molar-refractivity contribution in [1.82, 2.24) is 15.1 Å². The second-order valence-electron chi connectivity index (χ2n) is 5.58. The molecule has 1 heterocycles. The van der Waals surface area contributed by atoms with E-state index in [1.54, 1.807) is 27.0 Å². The van der Waals surface area contributed by atoms with Crippen LogP contribution < -0.4 is 10.6 Å². The van der Waals surface area contributed by atoms with E-state index in [1.807, 2.05) is 0 Å². The SMILES string of the molecule is CNCC(C)C(=O)Nc1cc(C)nn1-c1cccc(C(F)(F)F)c1. The maximum Gasteiger partial charge on any atom is 0.416 e. The van der Waals surface area contributed by atoms with Crippen LogP contribution in [0.15, 0.2) is 30.3 Å². The first-order valence-electron chi connectivity index (χ1n) is 7.42. The number of carbonyl (C=O) groups excluding carboxylic acids is 1. The molecule has 0 saturated carbocycles. The van der Waals surface area contributed by atoms with Gasteiger partial charge in [0.05, 0.1) is 16.9 Å². The summed E-state index contributed by atoms with van der Waals surface area (Å²) < 4.78 is 40.0. The van der Waals surface area contributed by atoms with E-state index in [1.165, 1.54) is 16.8 Å². The number of amides is 1. The van der Waals surface area contributed by atoms with Gasteiger partial charge in [0.15, 0.2) is 0 Å². The van der Waals surface area contributed by atoms with Gasteiger partial charge in [-0.1, -0.05) is 13.0 Å². The number of carbonyl (C=O) groups is 1. The van der Waals surface area contributed by atoms with E-state index >= 15 is 0 Å². The second kappa shape index (κ2) is 7.04. The fourth-order valence-corrected chi connectivity index (χ4v) is 2.25. The Hall–Kier alpha value is -2.35. The minimum Gasteiger partial charge on any atom is -0.319 e. The zero-order valence-corrected chi connectivity index (χ0v) is 13.6. The predicted octanol–water partition coefficient (Wildman–Crippen LogP) is 2.99. The molecule has 0 spiro atoms. The summed E-state index contributed by atoms with van der Waals surface area (Å²) in [5, 5.41) is 9.80. The number of alkyl halides is 3. The molecule has 1 aromatic heterocycles. The van der Waals surface area contributed by atoms with Crippen LogP contribution in [-0.2, 0) is 11.0 Å². The molecule has 5 nitrogen and oxygen atoms in total. The lowest BCUT2D eigenvalue weighted by Gasteiger charge is -2.14. The van der Waals surface area contributed by atoms with Crippen LogP contribution in [0.2, 0.25) is 0 Å². The highest BCUT2D eigenvalue weighted by molar-refractivity contribution is 5.92. The van der Waals surface area contributed by atoms with Crippen LogP contribution in [0.5, 0.6) is 0 Å². The molecule has 0 aliphatic carbocycles. The lowest BCUT2D eigenvalue weighted by Crippen LogP contribution is -2.29. The molecule has 0 saturated heterocycles. The number of halogens is 3. The van der Waals surface area contributed by atoms with Crippen LogP contribution in [0.1, 0.15) is 18.2 Å². The molecule has 0 aliphatic heterocycles. The number of hydrogen-bond acceptors (Lipinski definition) is 3. The van der Waals surface area contributed by atoms with Crippen molar-refractivity contribution >= 4 is 11.7 Å². The third-order valence-corrected chi connectivity index (χ3v) is 3.46. The number of benzene rings is 1. The minimum absolute atomic E-state index is 0.231. The maximum atomic E-state index is 12.9. The Morgan fingerprint density at radius 2 is 2.04 bits per heavy atom. The molecular formula is C16H19F3N4O. The van der Waals surface area contributed by atoms with Gasteiger partial charge in [-0.2, -0.15) is 18.3 Å². The largest absolute Gasteiger partial charge is 0.416 e. The molecular weight excluding hydrogens is 321 g/mol. The number of nitrogens with zero attached hydrogens (tertiary/aromatic N) is 2. The van der Waals surface area contributed by atoms with Gasteiger partial charge in [0.1, 0.15) is 5.82 Å². The van der Waals surface area contributed by atoms with E-state index in [4.69, 9.17) is 0 Å². The van der Waals surface area contributed by atoms with Crippen molar-refractivity contribution in [3.05, 3.63) is 41.6 Å². The molecule has 0 bridgehead atoms. The molecule has 1 atom stereocenters. The summed E-state index contributed by atoms with van der Waals surface area (Å²) in [6, 6.07) is 6.43. The Kier molecular flexibility index (Phi) is 5.28. The summed E-state index contributed by atoms with van der Waals surface area (Å²) in [5.41, 5.74) is 0.0486. The van der Waals surface area contributed by atoms with Crippen LogP contribution in [0, 0.1) is 12.8 Å². The molecule has 8 heteroatoms. The van der Waals surface area contributed by atoms with E-state index in [-0.39, 0.29) is 17.5 Å². The van der Waals surface area contributed by atoms with Crippen molar-refractivity contribution in [1.29, 1.82) is 0 Å². The normalized spacial score (nSPS) is 12.9. The Morgan fingerprint density at radius 1 is 1.33 bits per heavy atom. The van der Waals surface area contributed by atoms with Gasteiger partial charge in [-0.05, 0) is 32.2 Å². The van der Waals surface area contributed by atoms with Crippen LogP contribution >= 0.6 is 0 Å². The quantitative estimate of drug-likeness (QED) is 0.880. The number of anilines is 1. The van der Waals surface area contributed by atoms with Crippen molar-refractivity contribution in [3.63, 3.8) is 0 Å². The molecule has 1 unspecified atom stereocenters. The molecule has 0 fully saturated rings. The molecule has 1 aromatic carbocycles. The van der Waals surface area contributed by atoms with Gasteiger partial charge in [0.25, 0.3) is 0 Å². The van der Waals surface area contributed by atoms with Gasteiger partial charge in [0, 0.05) is 18.5 Å². The van der Waals surface area contributed by atoms with Gasteiger partial charge < -0.3 is 10.6 Å². The highest BCUT2D eigenvalue weighted by Gasteiger charge is 2.30. The number of rotatable bonds is 5. The monoisotopic (exact) mass is 340 g/mol. The fraction of sp³-hybridized carbons (Fsp3) is 0.375. The van der Waals surface area contributed by atoms with E-state index in [9.17, 15) is 18.0 Å². The van der Waals surface area contributed by atoms with Crippen molar-refractivity contribution in [2.24, 2.45) is 5.92 Å². The van der Waals surface area contributed by atoms with E-state index in [0.717, 1.165) is 12.1 Å². The fourth-order valence-electron chi connectivity index (χ4n) is 2.25. The van der Waals surface area contributed by atoms with Crippen molar-refractivity contribution in [3.8, 4) is 5.69 Å². The first kappa shape index (κ1) is 18.0. The van der Waals surface area contributed by atoms with E-state index < -0.39 is 11.7 Å². The average molecular weight is 340 g/mol. The summed E-state index contributed by atoms with van der Waals surface area (Å²) in [4.78, 5) is 12.1. The molecule has 2 aromatic rings. The first-order valence-corrected chi connectivity index (χ1v) is 7.42. The van der Waals surface area contributed by atoms with Gasteiger partial charge in [0.2, 0.25) is 5.91 Å². The molecule has 0 radical (unpaired) electrons. The molecule has 1 amide bonds. The number of hydrogen-bond donors (Lipinski definition) is 2. The summed E-state index contributed by atoms with van der Waals surface area (Å²) in [7, 11) is 1.74. The highest BCUT2D eigenvalue weighted by atomic mass is 19.4. The van der Waals surface area contributed by atoms with Gasteiger partial charge in [-0.25, -0.2) is 4.68 Å². The summed E-state index contributed by atoms with van der Waals surface area (Å²) in [6.07, 6.45) is -4.44. The van der Waals surface area contributed by atoms with Crippen LogP contribution in [0.3, 0.4) is 0 Å². The van der Waals surface area contributed by atoms with Crippen LogP contribution in [0.25, 0.3) is 5.69 Å². The van der Waals surface area contributed by atoms with Gasteiger partial charge in [-0.3, -0.25) is 4.79 Å². The summed E-state index contributed by atoms with van der Waals surface area (Å²) in [6.45, 7) is 3.95. The van der Waals surface area contributed by atoms with Crippen molar-refractivity contribution in [2.45, 2.75) is 20.0 Å². The van der Waals surface area contributed by atoms with E-state index in [2.05, 4.69) is 15.7 Å². The summed E-state index contributed by atoms with van der Waals surface area (Å²) >= 11 is 0. The smallest absolute Gasteiger partial charge is 0.319 e. The standard InChI is InChI=1S/C16H19F3N4O/c1-10(9-20-3)15(24)21-14-7-11(2)22-23(14)13-6-4-5-12(8-13)16(17,18)19/h4-8,10,20H,9H2,1-3H3,(H,21,24). The highest BCUT2D eigenvalue weighted by Crippen LogP contribution is 2.31. The number of aryl methyl sites for hydroxylation is 1. The first-order chi connectivity index (χ1) is 11.2. The summed E-state index contributed by atoms with van der Waals surface area (Å²) in [5.74, 6) is -0.197. The molecule has 0 aliphatic rings. The van der Waals surface area contributed by atoms with E-state index in [0.29, 0.717) is 18.1 Å².